The summed E-state index contributed by atoms with van der Waals surface area (Å²) in [5.74, 6) is -0.965. The van der Waals surface area contributed by atoms with Gasteiger partial charge in [-0.25, -0.2) is 0 Å². The van der Waals surface area contributed by atoms with Crippen LogP contribution in [0.3, 0.4) is 0 Å². The van der Waals surface area contributed by atoms with E-state index < -0.39 is 18.4 Å². The minimum absolute atomic E-state index is 0. The van der Waals surface area contributed by atoms with Crippen LogP contribution in [-0.4, -0.2) is 22.2 Å². The third-order valence-corrected chi connectivity index (χ3v) is 3.49. The normalized spacial score (nSPS) is 10.5. The van der Waals surface area contributed by atoms with Crippen molar-refractivity contribution in [2.45, 2.75) is 86.0 Å². The zero-order chi connectivity index (χ0) is 16.9. The summed E-state index contributed by atoms with van der Waals surface area (Å²) >= 11 is 0. The predicted octanol–water partition coefficient (Wildman–Crippen LogP) is 1.93. The quantitative estimate of drug-likeness (QED) is 0.294. The molecule has 126 valence electrons. The van der Waals surface area contributed by atoms with Crippen LogP contribution in [0.25, 0.3) is 0 Å². The van der Waals surface area contributed by atoms with Gasteiger partial charge in [0.15, 0.2) is 0 Å². The van der Waals surface area contributed by atoms with E-state index in [1.54, 1.807) is 5.92 Å². The van der Waals surface area contributed by atoms with Crippen molar-refractivity contribution in [1.82, 2.24) is 0 Å². The summed E-state index contributed by atoms with van der Waals surface area (Å²) in [6.07, 6.45) is 8.99. The second-order valence-corrected chi connectivity index (χ2v) is 6.51. The van der Waals surface area contributed by atoms with Crippen LogP contribution in [0.4, 0.5) is 0 Å². The van der Waals surface area contributed by atoms with Crippen LogP contribution in [0.5, 0.6) is 0 Å². The van der Waals surface area contributed by atoms with Gasteiger partial charge in [-0.2, -0.15) is 18.8 Å². The van der Waals surface area contributed by atoms with Gasteiger partial charge in [0.25, 0.3) is 0 Å². The molecule has 0 saturated heterocycles. The zero-order valence-corrected chi connectivity index (χ0v) is 17.4. The van der Waals surface area contributed by atoms with Crippen LogP contribution >= 0.6 is 0 Å². The SMILES string of the molecule is CCCCCCCC[C-](C)C(C)(C)C.O=C(O)CC(=O)O.[Na+]. The molecule has 0 unspecified atom stereocenters. The first kappa shape index (κ1) is 26.8. The van der Waals surface area contributed by atoms with Gasteiger partial charge < -0.3 is 16.1 Å². The number of hydrogen-bond acceptors (Lipinski definition) is 2. The maximum atomic E-state index is 9.43. The molecule has 0 rings (SSSR count). The maximum absolute atomic E-state index is 9.43. The van der Waals surface area contributed by atoms with Crippen LogP contribution < -0.4 is 29.6 Å². The van der Waals surface area contributed by atoms with Gasteiger partial charge in [0.1, 0.15) is 6.42 Å². The monoisotopic (exact) mass is 324 g/mol. The van der Waals surface area contributed by atoms with Crippen LogP contribution in [0.15, 0.2) is 0 Å². The Labute approximate surface area is 158 Å². The topological polar surface area (TPSA) is 74.6 Å². The van der Waals surface area contributed by atoms with E-state index in [2.05, 4.69) is 34.6 Å². The van der Waals surface area contributed by atoms with E-state index in [0.717, 1.165) is 0 Å². The Bertz CT molecular complexity index is 273. The molecule has 0 aromatic carbocycles. The molecule has 0 aliphatic heterocycles. The number of hydrogen-bond donors (Lipinski definition) is 2. The molecule has 0 aromatic rings. The summed E-state index contributed by atoms with van der Waals surface area (Å²) in [5, 5.41) is 15.4. The van der Waals surface area contributed by atoms with E-state index in [9.17, 15) is 9.59 Å². The van der Waals surface area contributed by atoms with E-state index in [4.69, 9.17) is 10.2 Å². The molecule has 0 fully saturated rings. The summed E-state index contributed by atoms with van der Waals surface area (Å²) in [4.78, 5) is 18.9. The number of unbranched alkanes of at least 4 members (excludes halogenated alkanes) is 5. The number of aliphatic carboxylic acids is 2. The Morgan fingerprint density at radius 3 is 1.64 bits per heavy atom. The maximum Gasteiger partial charge on any atom is 1.00 e. The first-order chi connectivity index (χ1) is 9.61. The van der Waals surface area contributed by atoms with Gasteiger partial charge in [0.2, 0.25) is 0 Å². The van der Waals surface area contributed by atoms with Gasteiger partial charge in [-0.1, -0.05) is 66.2 Å². The van der Waals surface area contributed by atoms with E-state index in [-0.39, 0.29) is 29.6 Å². The molecular weight excluding hydrogens is 291 g/mol. The Morgan fingerprint density at radius 1 is 0.909 bits per heavy atom. The molecule has 0 radical (unpaired) electrons. The van der Waals surface area contributed by atoms with Crippen LogP contribution in [0.2, 0.25) is 0 Å². The molecule has 0 heterocycles. The van der Waals surface area contributed by atoms with Crippen molar-refractivity contribution in [3.63, 3.8) is 0 Å². The fraction of sp³-hybridized carbons (Fsp3) is 0.824. The number of carbonyl (C=O) groups is 2. The fourth-order valence-corrected chi connectivity index (χ4v) is 1.67. The minimum atomic E-state index is -1.31. The fourth-order valence-electron chi connectivity index (χ4n) is 1.67. The zero-order valence-electron chi connectivity index (χ0n) is 15.4. The van der Waals surface area contributed by atoms with Gasteiger partial charge in [-0.05, 0) is 0 Å². The Kier molecular flexibility index (Phi) is 19.3. The van der Waals surface area contributed by atoms with Crippen molar-refractivity contribution in [2.75, 3.05) is 0 Å². The molecule has 0 amide bonds. The van der Waals surface area contributed by atoms with Crippen LogP contribution in [-0.2, 0) is 9.59 Å². The third kappa shape index (κ3) is 22.2. The first-order valence-electron chi connectivity index (χ1n) is 7.87. The van der Waals surface area contributed by atoms with Gasteiger partial charge in [-0.15, -0.1) is 0 Å². The molecule has 22 heavy (non-hydrogen) atoms. The average Bonchev–Trinajstić information content (AvgIpc) is 2.31. The van der Waals surface area contributed by atoms with Crippen LogP contribution in [0.1, 0.15) is 86.0 Å². The molecule has 0 aromatic heterocycles. The molecule has 0 atom stereocenters. The van der Waals surface area contributed by atoms with Gasteiger partial charge in [0.05, 0.1) is 0 Å². The van der Waals surface area contributed by atoms with Gasteiger partial charge >= 0.3 is 41.5 Å². The second kappa shape index (κ2) is 15.8. The summed E-state index contributed by atoms with van der Waals surface area (Å²) < 4.78 is 0. The molecular formula is C17H33NaO4. The van der Waals surface area contributed by atoms with Gasteiger partial charge in [0, 0.05) is 0 Å². The van der Waals surface area contributed by atoms with Crippen molar-refractivity contribution in [3.05, 3.63) is 5.92 Å². The Hall–Kier alpha value is -0.0600. The summed E-state index contributed by atoms with van der Waals surface area (Å²) in [6.45, 7) is 11.5. The van der Waals surface area contributed by atoms with Crippen molar-refractivity contribution in [1.29, 1.82) is 0 Å². The van der Waals surface area contributed by atoms with Crippen LogP contribution in [0, 0.1) is 11.3 Å². The van der Waals surface area contributed by atoms with Crippen molar-refractivity contribution in [3.8, 4) is 0 Å². The Morgan fingerprint density at radius 2 is 1.32 bits per heavy atom. The summed E-state index contributed by atoms with van der Waals surface area (Å²) in [7, 11) is 0. The van der Waals surface area contributed by atoms with E-state index in [0.29, 0.717) is 5.41 Å². The Balaban J connectivity index is -0.000000385. The third-order valence-electron chi connectivity index (χ3n) is 3.49. The first-order valence-corrected chi connectivity index (χ1v) is 7.87. The smallest absolute Gasteiger partial charge is 0.481 e. The molecule has 0 spiro atoms. The van der Waals surface area contributed by atoms with Gasteiger partial charge in [-0.3, -0.25) is 9.59 Å². The standard InChI is InChI=1S/C14H29.C3H4O4.Na/c1-6-7-8-9-10-11-12-13(2)14(3,4)5;4-2(5)1-3(6)7;/h6-12H2,1-5H3;1H2,(H,4,5)(H,6,7);/q-1;;+1. The van der Waals surface area contributed by atoms with E-state index in [1.165, 1.54) is 44.9 Å². The molecule has 2 N–H and O–H groups in total. The van der Waals surface area contributed by atoms with E-state index in [1.807, 2.05) is 0 Å². The number of carboxylic acid groups (broad SMARTS) is 2. The largest absolute Gasteiger partial charge is 1.00 e. The summed E-state index contributed by atoms with van der Waals surface area (Å²) in [6, 6.07) is 0. The van der Waals surface area contributed by atoms with Crippen molar-refractivity contribution >= 4 is 11.9 Å². The number of carboxylic acids is 2. The predicted molar refractivity (Wildman–Crippen MR) is 86.3 cm³/mol. The molecule has 4 nitrogen and oxygen atoms in total. The molecule has 0 bridgehead atoms. The molecule has 0 aliphatic rings. The summed E-state index contributed by atoms with van der Waals surface area (Å²) in [5.41, 5.74) is 0.420. The van der Waals surface area contributed by atoms with Crippen molar-refractivity contribution in [2.24, 2.45) is 5.41 Å². The molecule has 0 aliphatic carbocycles. The molecule has 0 saturated carbocycles. The van der Waals surface area contributed by atoms with Crippen molar-refractivity contribution < 1.29 is 49.4 Å². The second-order valence-electron chi connectivity index (χ2n) is 6.51. The number of rotatable bonds is 9. The molecule has 5 heteroatoms. The average molecular weight is 324 g/mol. The van der Waals surface area contributed by atoms with E-state index >= 15 is 0 Å². The minimum Gasteiger partial charge on any atom is -0.481 e.